The predicted octanol–water partition coefficient (Wildman–Crippen LogP) is 3.15. The van der Waals surface area contributed by atoms with Crippen LogP contribution in [0.25, 0.3) is 0 Å². The number of rotatable bonds is 1. The van der Waals surface area contributed by atoms with E-state index in [4.69, 9.17) is 9.47 Å². The summed E-state index contributed by atoms with van der Waals surface area (Å²) >= 11 is 0. The van der Waals surface area contributed by atoms with E-state index in [0.29, 0.717) is 12.0 Å². The fraction of sp³-hybridized carbons (Fsp3) is 0.444. The Balaban J connectivity index is 0.000000143. The number of hydrogen-bond donors (Lipinski definition) is 1. The van der Waals surface area contributed by atoms with Crippen LogP contribution < -0.4 is 10.1 Å². The number of piperidine rings is 1. The third kappa shape index (κ3) is 3.30. The molecule has 3 unspecified atom stereocenters. The molecule has 3 aliphatic rings. The van der Waals surface area contributed by atoms with Gasteiger partial charge in [0.25, 0.3) is 0 Å². The minimum absolute atomic E-state index is 0.449. The lowest BCUT2D eigenvalue weighted by atomic mass is 9.81. The first-order valence-corrected chi connectivity index (χ1v) is 7.71. The summed E-state index contributed by atoms with van der Waals surface area (Å²) in [6.45, 7) is 2.20. The van der Waals surface area contributed by atoms with E-state index in [-0.39, 0.29) is 0 Å². The molecule has 2 fully saturated rings. The van der Waals surface area contributed by atoms with Crippen LogP contribution in [0.15, 0.2) is 54.3 Å². The Morgan fingerprint density at radius 1 is 1.24 bits per heavy atom. The summed E-state index contributed by atoms with van der Waals surface area (Å²) in [5.74, 6) is 3.61. The van der Waals surface area contributed by atoms with Gasteiger partial charge in [-0.15, -0.1) is 0 Å². The highest BCUT2D eigenvalue weighted by molar-refractivity contribution is 5.22. The molecule has 0 spiro atoms. The molecule has 4 rings (SSSR count). The minimum Gasteiger partial charge on any atom is -0.497 e. The van der Waals surface area contributed by atoms with Crippen LogP contribution in [0.4, 0.5) is 0 Å². The molecule has 2 heterocycles. The minimum atomic E-state index is 0.449. The van der Waals surface area contributed by atoms with E-state index in [1.54, 1.807) is 7.11 Å². The summed E-state index contributed by atoms with van der Waals surface area (Å²) in [5, 5.41) is 3.39. The van der Waals surface area contributed by atoms with Gasteiger partial charge in [0, 0.05) is 18.4 Å². The largest absolute Gasteiger partial charge is 0.497 e. The van der Waals surface area contributed by atoms with Gasteiger partial charge in [-0.2, -0.15) is 0 Å². The molecule has 3 atom stereocenters. The Labute approximate surface area is 126 Å². The van der Waals surface area contributed by atoms with E-state index in [2.05, 4.69) is 23.5 Å². The summed E-state index contributed by atoms with van der Waals surface area (Å²) in [6, 6.07) is 9.68. The van der Waals surface area contributed by atoms with Gasteiger partial charge in [-0.25, -0.2) is 0 Å². The Hall–Kier alpha value is -1.74. The van der Waals surface area contributed by atoms with Crippen molar-refractivity contribution >= 4 is 0 Å². The normalized spacial score (nSPS) is 29.2. The van der Waals surface area contributed by atoms with Gasteiger partial charge in [-0.1, -0.05) is 30.4 Å². The van der Waals surface area contributed by atoms with Crippen molar-refractivity contribution in [2.45, 2.75) is 18.9 Å². The predicted molar refractivity (Wildman–Crippen MR) is 84.2 cm³/mol. The van der Waals surface area contributed by atoms with Crippen LogP contribution in [-0.2, 0) is 4.74 Å². The van der Waals surface area contributed by atoms with Crippen molar-refractivity contribution in [2.75, 3.05) is 20.2 Å². The van der Waals surface area contributed by atoms with E-state index < -0.39 is 0 Å². The molecule has 1 aromatic carbocycles. The smallest absolute Gasteiger partial charge is 0.118 e. The third-order valence-electron chi connectivity index (χ3n) is 4.41. The molecule has 0 amide bonds. The van der Waals surface area contributed by atoms with E-state index in [9.17, 15) is 0 Å². The quantitative estimate of drug-likeness (QED) is 0.860. The standard InChI is InChI=1S/C11H15NO.C7H8O/c1-2-4-10-8(3-1)9-5-6-12-7-11(9)13-10;1-8-7-5-3-2-4-6-7/h1-2,4,8-9,11-12H,3,5-7H2;2-6H,1H3. The second-order valence-electron chi connectivity index (χ2n) is 5.67. The van der Waals surface area contributed by atoms with Crippen molar-refractivity contribution in [1.29, 1.82) is 0 Å². The molecule has 0 saturated carbocycles. The zero-order valence-electron chi connectivity index (χ0n) is 12.5. The number of benzene rings is 1. The summed E-state index contributed by atoms with van der Waals surface area (Å²) in [5.41, 5.74) is 0. The molecular weight excluding hydrogens is 262 g/mol. The second kappa shape index (κ2) is 6.81. The molecule has 0 radical (unpaired) electrons. The molecule has 21 heavy (non-hydrogen) atoms. The highest BCUT2D eigenvalue weighted by atomic mass is 16.5. The third-order valence-corrected chi connectivity index (χ3v) is 4.41. The molecule has 1 aliphatic carbocycles. The molecule has 3 heteroatoms. The van der Waals surface area contributed by atoms with Gasteiger partial charge in [0.1, 0.15) is 17.6 Å². The Morgan fingerprint density at radius 2 is 2.10 bits per heavy atom. The molecule has 0 aromatic heterocycles. The van der Waals surface area contributed by atoms with Crippen molar-refractivity contribution in [2.24, 2.45) is 11.8 Å². The maximum Gasteiger partial charge on any atom is 0.118 e. The topological polar surface area (TPSA) is 30.5 Å². The molecule has 2 aliphatic heterocycles. The Kier molecular flexibility index (Phi) is 4.61. The maximum atomic E-state index is 5.92. The van der Waals surface area contributed by atoms with Crippen molar-refractivity contribution in [3.8, 4) is 5.75 Å². The first-order valence-electron chi connectivity index (χ1n) is 7.71. The first-order chi connectivity index (χ1) is 10.4. The monoisotopic (exact) mass is 285 g/mol. The van der Waals surface area contributed by atoms with Crippen LogP contribution in [0, 0.1) is 11.8 Å². The number of allylic oxidation sites excluding steroid dienone is 4. The van der Waals surface area contributed by atoms with Crippen molar-refractivity contribution in [3.63, 3.8) is 0 Å². The van der Waals surface area contributed by atoms with Gasteiger partial charge >= 0.3 is 0 Å². The molecule has 3 nitrogen and oxygen atoms in total. The van der Waals surface area contributed by atoms with Crippen molar-refractivity contribution in [3.05, 3.63) is 54.3 Å². The van der Waals surface area contributed by atoms with E-state index >= 15 is 0 Å². The lowest BCUT2D eigenvalue weighted by Gasteiger charge is -2.26. The zero-order valence-corrected chi connectivity index (χ0v) is 12.5. The Morgan fingerprint density at radius 3 is 2.86 bits per heavy atom. The molecule has 0 bridgehead atoms. The number of fused-ring (bicyclic) bond motifs is 3. The fourth-order valence-corrected chi connectivity index (χ4v) is 3.31. The number of hydrogen-bond acceptors (Lipinski definition) is 3. The van der Waals surface area contributed by atoms with Gasteiger partial charge in [-0.3, -0.25) is 0 Å². The van der Waals surface area contributed by atoms with Crippen LogP contribution in [-0.4, -0.2) is 26.3 Å². The van der Waals surface area contributed by atoms with E-state index in [0.717, 1.165) is 24.8 Å². The van der Waals surface area contributed by atoms with Gasteiger partial charge in [0.2, 0.25) is 0 Å². The van der Waals surface area contributed by atoms with E-state index in [1.807, 2.05) is 30.3 Å². The summed E-state index contributed by atoms with van der Waals surface area (Å²) < 4.78 is 10.8. The SMILES string of the molecule is C1=CCC2C(=C1)OC1CNCCC12.COc1ccccc1. The van der Waals surface area contributed by atoms with Gasteiger partial charge in [0.15, 0.2) is 0 Å². The van der Waals surface area contributed by atoms with Crippen LogP contribution in [0.3, 0.4) is 0 Å². The highest BCUT2D eigenvalue weighted by Crippen LogP contribution is 2.42. The van der Waals surface area contributed by atoms with Gasteiger partial charge < -0.3 is 14.8 Å². The number of nitrogens with one attached hydrogen (secondary N) is 1. The summed E-state index contributed by atoms with van der Waals surface area (Å²) in [7, 11) is 1.66. The fourth-order valence-electron chi connectivity index (χ4n) is 3.31. The van der Waals surface area contributed by atoms with Crippen LogP contribution in [0.2, 0.25) is 0 Å². The summed E-state index contributed by atoms with van der Waals surface area (Å²) in [6.07, 6.45) is 9.45. The molecule has 112 valence electrons. The lowest BCUT2D eigenvalue weighted by molar-refractivity contribution is 0.108. The molecule has 1 N–H and O–H groups in total. The zero-order chi connectivity index (χ0) is 14.5. The van der Waals surface area contributed by atoms with Crippen molar-refractivity contribution in [1.82, 2.24) is 5.32 Å². The lowest BCUT2D eigenvalue weighted by Crippen LogP contribution is -2.39. The first kappa shape index (κ1) is 14.2. The van der Waals surface area contributed by atoms with Crippen LogP contribution in [0.1, 0.15) is 12.8 Å². The van der Waals surface area contributed by atoms with Crippen LogP contribution >= 0.6 is 0 Å². The van der Waals surface area contributed by atoms with Gasteiger partial charge in [0.05, 0.1) is 7.11 Å². The van der Waals surface area contributed by atoms with Crippen LogP contribution in [0.5, 0.6) is 5.75 Å². The Bertz CT molecular complexity index is 509. The summed E-state index contributed by atoms with van der Waals surface area (Å²) in [4.78, 5) is 0. The highest BCUT2D eigenvalue weighted by Gasteiger charge is 2.42. The van der Waals surface area contributed by atoms with Crippen molar-refractivity contribution < 1.29 is 9.47 Å². The number of ether oxygens (including phenoxy) is 2. The average molecular weight is 285 g/mol. The molecule has 1 aromatic rings. The molecule has 2 saturated heterocycles. The van der Waals surface area contributed by atoms with E-state index in [1.165, 1.54) is 18.6 Å². The number of methoxy groups -OCH3 is 1. The second-order valence-corrected chi connectivity index (χ2v) is 5.67. The average Bonchev–Trinajstić information content (AvgIpc) is 2.95. The maximum absolute atomic E-state index is 5.92. The molecular formula is C18H23NO2. The number of para-hydroxylation sites is 1. The van der Waals surface area contributed by atoms with Gasteiger partial charge in [-0.05, 0) is 37.6 Å².